The Morgan fingerprint density at radius 1 is 1.12 bits per heavy atom. The molecule has 8 heteroatoms. The summed E-state index contributed by atoms with van der Waals surface area (Å²) in [7, 11) is 0. The maximum Gasteiger partial charge on any atom is 0.262 e. The molecule has 0 unspecified atom stereocenters. The van der Waals surface area contributed by atoms with E-state index in [-0.39, 0.29) is 17.2 Å². The summed E-state index contributed by atoms with van der Waals surface area (Å²) in [5.74, 6) is 0.904. The Balaban J connectivity index is 1.65. The number of rotatable bonds is 8. The third kappa shape index (κ3) is 4.53. The van der Waals surface area contributed by atoms with E-state index < -0.39 is 0 Å². The highest BCUT2D eigenvalue weighted by Crippen LogP contribution is 2.28. The molecule has 0 saturated carbocycles. The fourth-order valence-electron chi connectivity index (χ4n) is 3.99. The summed E-state index contributed by atoms with van der Waals surface area (Å²) < 4.78 is 3.57. The van der Waals surface area contributed by atoms with Crippen molar-refractivity contribution in [3.8, 4) is 0 Å². The average Bonchev–Trinajstić information content (AvgIpc) is 3.23. The molecule has 7 nitrogen and oxygen atoms in total. The summed E-state index contributed by atoms with van der Waals surface area (Å²) in [5, 5.41) is 12.9. The van der Waals surface area contributed by atoms with Crippen LogP contribution in [0.15, 0.2) is 52.4 Å². The number of carbonyl (C=O) groups is 1. The monoisotopic (exact) mass is 463 g/mol. The van der Waals surface area contributed by atoms with Gasteiger partial charge in [-0.3, -0.25) is 18.6 Å². The number of para-hydroxylation sites is 2. The van der Waals surface area contributed by atoms with E-state index in [1.165, 1.54) is 11.8 Å². The van der Waals surface area contributed by atoms with Gasteiger partial charge in [0, 0.05) is 12.2 Å². The number of benzene rings is 2. The molecule has 0 fully saturated rings. The number of aromatic nitrogens is 4. The van der Waals surface area contributed by atoms with Gasteiger partial charge in [0.1, 0.15) is 0 Å². The Bertz CT molecular complexity index is 1370. The minimum absolute atomic E-state index is 0.0611. The van der Waals surface area contributed by atoms with Gasteiger partial charge in [-0.05, 0) is 42.5 Å². The lowest BCUT2D eigenvalue weighted by molar-refractivity contribution is -0.113. The molecule has 172 valence electrons. The first-order chi connectivity index (χ1) is 15.9. The predicted molar refractivity (Wildman–Crippen MR) is 134 cm³/mol. The van der Waals surface area contributed by atoms with Gasteiger partial charge >= 0.3 is 0 Å². The zero-order chi connectivity index (χ0) is 23.5. The molecule has 4 rings (SSSR count). The lowest BCUT2D eigenvalue weighted by Gasteiger charge is -2.16. The molecule has 0 bridgehead atoms. The van der Waals surface area contributed by atoms with Crippen LogP contribution >= 0.6 is 11.8 Å². The van der Waals surface area contributed by atoms with E-state index in [2.05, 4.69) is 36.3 Å². The fourth-order valence-corrected chi connectivity index (χ4v) is 4.73. The maximum atomic E-state index is 13.1. The highest BCUT2D eigenvalue weighted by molar-refractivity contribution is 7.99. The Morgan fingerprint density at radius 3 is 2.67 bits per heavy atom. The number of hydrogen-bond donors (Lipinski definition) is 1. The highest BCUT2D eigenvalue weighted by atomic mass is 32.2. The van der Waals surface area contributed by atoms with Crippen LogP contribution in [0.1, 0.15) is 50.7 Å². The molecule has 0 spiro atoms. The number of nitrogens with zero attached hydrogens (tertiary/aromatic N) is 4. The molecule has 2 aromatic carbocycles. The summed E-state index contributed by atoms with van der Waals surface area (Å²) in [4.78, 5) is 25.9. The van der Waals surface area contributed by atoms with Crippen molar-refractivity contribution in [3.63, 3.8) is 0 Å². The molecule has 0 aliphatic carbocycles. The Morgan fingerprint density at radius 2 is 1.91 bits per heavy atom. The van der Waals surface area contributed by atoms with Crippen molar-refractivity contribution >= 4 is 40.0 Å². The molecule has 2 aromatic heterocycles. The van der Waals surface area contributed by atoms with Crippen LogP contribution in [-0.2, 0) is 11.3 Å². The molecular formula is C25H29N5O2S. The zero-order valence-corrected chi connectivity index (χ0v) is 20.3. The van der Waals surface area contributed by atoms with Gasteiger partial charge in [-0.25, -0.2) is 0 Å². The molecule has 0 atom stereocenters. The Hall–Kier alpha value is -3.13. The third-order valence-electron chi connectivity index (χ3n) is 5.74. The van der Waals surface area contributed by atoms with Gasteiger partial charge in [0.05, 0.1) is 16.7 Å². The number of carbonyl (C=O) groups excluding carboxylic acids is 1. The second-order valence-corrected chi connectivity index (χ2v) is 9.42. The van der Waals surface area contributed by atoms with Crippen molar-refractivity contribution in [2.75, 3.05) is 11.1 Å². The highest BCUT2D eigenvalue weighted by Gasteiger charge is 2.18. The first-order valence-corrected chi connectivity index (χ1v) is 12.3. The zero-order valence-electron chi connectivity index (χ0n) is 19.5. The summed E-state index contributed by atoms with van der Waals surface area (Å²) >= 11 is 1.32. The van der Waals surface area contributed by atoms with Gasteiger partial charge in [-0.2, -0.15) is 0 Å². The summed E-state index contributed by atoms with van der Waals surface area (Å²) in [6.45, 7) is 8.90. The van der Waals surface area contributed by atoms with Crippen molar-refractivity contribution in [2.45, 2.75) is 58.2 Å². The van der Waals surface area contributed by atoms with E-state index >= 15 is 0 Å². The average molecular weight is 464 g/mol. The smallest absolute Gasteiger partial charge is 0.262 e. The van der Waals surface area contributed by atoms with Crippen molar-refractivity contribution in [1.82, 2.24) is 19.2 Å². The van der Waals surface area contributed by atoms with Crippen LogP contribution in [0, 0.1) is 6.92 Å². The van der Waals surface area contributed by atoms with E-state index in [0.717, 1.165) is 35.2 Å². The third-order valence-corrected chi connectivity index (χ3v) is 6.67. The molecule has 1 amide bonds. The minimum atomic E-state index is -0.100. The largest absolute Gasteiger partial charge is 0.325 e. The SMILES string of the molecule is CCCCn1c(=O)c2ccccc2n2c(SCC(=O)Nc3c(C)cccc3C(C)C)nnc12. The van der Waals surface area contributed by atoms with Crippen molar-refractivity contribution in [3.05, 3.63) is 63.9 Å². The summed E-state index contributed by atoms with van der Waals surface area (Å²) in [6.07, 6.45) is 1.85. The number of unbranched alkanes of at least 4 members (excludes halogenated alkanes) is 1. The number of nitrogens with one attached hydrogen (secondary N) is 1. The molecule has 0 saturated heterocycles. The van der Waals surface area contributed by atoms with E-state index in [1.54, 1.807) is 4.57 Å². The second-order valence-electron chi connectivity index (χ2n) is 8.48. The van der Waals surface area contributed by atoms with Crippen LogP contribution < -0.4 is 10.9 Å². The predicted octanol–water partition coefficient (Wildman–Crippen LogP) is 5.01. The van der Waals surface area contributed by atoms with Crippen LogP contribution in [0.3, 0.4) is 0 Å². The number of hydrogen-bond acceptors (Lipinski definition) is 5. The van der Waals surface area contributed by atoms with Gasteiger partial charge in [-0.15, -0.1) is 10.2 Å². The molecule has 0 aliphatic heterocycles. The molecule has 0 aliphatic rings. The molecule has 1 N–H and O–H groups in total. The molecule has 2 heterocycles. The first-order valence-electron chi connectivity index (χ1n) is 11.3. The first kappa shape index (κ1) is 23.0. The van der Waals surface area contributed by atoms with E-state index in [4.69, 9.17) is 0 Å². The second kappa shape index (κ2) is 9.79. The van der Waals surface area contributed by atoms with Gasteiger partial charge in [0.15, 0.2) is 5.16 Å². The quantitative estimate of drug-likeness (QED) is 0.372. The standard InChI is InChI=1S/C25H29N5O2S/c1-5-6-14-29-23(32)19-11-7-8-13-20(19)30-24(29)27-28-25(30)33-15-21(31)26-22-17(4)10-9-12-18(22)16(2)3/h7-13,16H,5-6,14-15H2,1-4H3,(H,26,31). The number of thioether (sulfide) groups is 1. The number of amides is 1. The van der Waals surface area contributed by atoms with Gasteiger partial charge in [-0.1, -0.05) is 69.3 Å². The van der Waals surface area contributed by atoms with Crippen molar-refractivity contribution in [2.24, 2.45) is 0 Å². The van der Waals surface area contributed by atoms with Crippen LogP contribution in [0.4, 0.5) is 5.69 Å². The van der Waals surface area contributed by atoms with Crippen molar-refractivity contribution < 1.29 is 4.79 Å². The molecule has 33 heavy (non-hydrogen) atoms. The Kier molecular flexibility index (Phi) is 6.83. The van der Waals surface area contributed by atoms with Gasteiger partial charge in [0.2, 0.25) is 11.7 Å². The fraction of sp³-hybridized carbons (Fsp3) is 0.360. The lowest BCUT2D eigenvalue weighted by Crippen LogP contribution is -2.23. The van der Waals surface area contributed by atoms with Crippen LogP contribution in [-0.4, -0.2) is 30.8 Å². The Labute approximate surface area is 197 Å². The number of fused-ring (bicyclic) bond motifs is 3. The topological polar surface area (TPSA) is 81.3 Å². The van der Waals surface area contributed by atoms with Crippen LogP contribution in [0.5, 0.6) is 0 Å². The number of anilines is 1. The molecular weight excluding hydrogens is 434 g/mol. The molecule has 4 aromatic rings. The van der Waals surface area contributed by atoms with Crippen LogP contribution in [0.2, 0.25) is 0 Å². The molecule has 0 radical (unpaired) electrons. The van der Waals surface area contributed by atoms with E-state index in [1.807, 2.05) is 53.8 Å². The lowest BCUT2D eigenvalue weighted by atomic mass is 9.98. The van der Waals surface area contributed by atoms with Gasteiger partial charge in [0.25, 0.3) is 5.56 Å². The van der Waals surface area contributed by atoms with Gasteiger partial charge < -0.3 is 5.32 Å². The van der Waals surface area contributed by atoms with E-state index in [9.17, 15) is 9.59 Å². The number of aryl methyl sites for hydroxylation is 2. The van der Waals surface area contributed by atoms with Crippen molar-refractivity contribution in [1.29, 1.82) is 0 Å². The summed E-state index contributed by atoms with van der Waals surface area (Å²) in [6, 6.07) is 13.5. The normalized spacial score (nSPS) is 11.5. The van der Waals surface area contributed by atoms with Crippen LogP contribution in [0.25, 0.3) is 16.7 Å². The summed E-state index contributed by atoms with van der Waals surface area (Å²) in [5.41, 5.74) is 3.72. The maximum absolute atomic E-state index is 13.1. The minimum Gasteiger partial charge on any atom is -0.325 e. The van der Waals surface area contributed by atoms with E-state index in [0.29, 0.717) is 28.8 Å².